The van der Waals surface area contributed by atoms with Crippen molar-refractivity contribution < 1.29 is 0 Å². The molecule has 0 atom stereocenters. The molecule has 0 fully saturated rings. The number of anilines is 1. The average molecular weight is 189 g/mol. The molecule has 0 aliphatic heterocycles. The number of hydrogen-bond donors (Lipinski definition) is 1. The second-order valence-corrected chi connectivity index (χ2v) is 2.92. The van der Waals surface area contributed by atoms with Gasteiger partial charge in [0.2, 0.25) is 0 Å². The maximum absolute atomic E-state index is 4.18. The summed E-state index contributed by atoms with van der Waals surface area (Å²) < 4.78 is 1.91. The van der Waals surface area contributed by atoms with Crippen LogP contribution in [0.3, 0.4) is 0 Å². The first kappa shape index (κ1) is 8.68. The van der Waals surface area contributed by atoms with Crippen molar-refractivity contribution in [2.24, 2.45) is 7.05 Å². The molecule has 0 radical (unpaired) electrons. The van der Waals surface area contributed by atoms with Crippen LogP contribution in [0.4, 0.5) is 5.82 Å². The van der Waals surface area contributed by atoms with Crippen molar-refractivity contribution in [3.63, 3.8) is 0 Å². The van der Waals surface area contributed by atoms with Crippen LogP contribution in [0, 0.1) is 0 Å². The van der Waals surface area contributed by atoms with Crippen molar-refractivity contribution in [3.8, 4) is 11.5 Å². The first-order chi connectivity index (χ1) is 6.81. The van der Waals surface area contributed by atoms with E-state index in [4.69, 9.17) is 0 Å². The van der Waals surface area contributed by atoms with Gasteiger partial charge in [0.1, 0.15) is 11.5 Å². The van der Waals surface area contributed by atoms with E-state index in [1.165, 1.54) is 0 Å². The number of hydrogen-bond acceptors (Lipinski definition) is 4. The third-order valence-electron chi connectivity index (χ3n) is 1.97. The van der Waals surface area contributed by atoms with Crippen molar-refractivity contribution in [2.75, 3.05) is 12.4 Å². The molecule has 0 amide bonds. The lowest BCUT2D eigenvalue weighted by atomic mass is 10.3. The van der Waals surface area contributed by atoms with Crippen LogP contribution in [0.1, 0.15) is 0 Å². The van der Waals surface area contributed by atoms with Gasteiger partial charge in [-0.2, -0.15) is 0 Å². The molecule has 5 nitrogen and oxygen atoms in total. The minimum absolute atomic E-state index is 0.753. The number of aryl methyl sites for hydroxylation is 1. The van der Waals surface area contributed by atoms with E-state index in [-0.39, 0.29) is 0 Å². The lowest BCUT2D eigenvalue weighted by Crippen LogP contribution is -1.98. The highest BCUT2D eigenvalue weighted by Gasteiger charge is 2.04. The van der Waals surface area contributed by atoms with Crippen molar-refractivity contribution in [3.05, 3.63) is 24.5 Å². The molecule has 72 valence electrons. The van der Waals surface area contributed by atoms with Gasteiger partial charge in [0.05, 0.1) is 0 Å². The molecule has 2 aromatic heterocycles. The summed E-state index contributed by atoms with van der Waals surface area (Å²) in [6.07, 6.45) is 3.62. The van der Waals surface area contributed by atoms with Crippen molar-refractivity contribution in [2.45, 2.75) is 0 Å². The second-order valence-electron chi connectivity index (χ2n) is 2.92. The Kier molecular flexibility index (Phi) is 2.14. The maximum atomic E-state index is 4.18. The second kappa shape index (κ2) is 3.45. The van der Waals surface area contributed by atoms with Gasteiger partial charge >= 0.3 is 0 Å². The fraction of sp³-hybridized carbons (Fsp3) is 0.222. The predicted molar refractivity (Wildman–Crippen MR) is 53.8 cm³/mol. The average Bonchev–Trinajstić information content (AvgIpc) is 2.65. The summed E-state index contributed by atoms with van der Waals surface area (Å²) >= 11 is 0. The summed E-state index contributed by atoms with van der Waals surface area (Å²) in [7, 11) is 3.74. The van der Waals surface area contributed by atoms with Crippen molar-refractivity contribution in [1.82, 2.24) is 19.7 Å². The van der Waals surface area contributed by atoms with Crippen LogP contribution >= 0.6 is 0 Å². The molecule has 2 aromatic rings. The molecule has 5 heteroatoms. The molecule has 0 spiro atoms. The lowest BCUT2D eigenvalue weighted by molar-refractivity contribution is 0.904. The quantitative estimate of drug-likeness (QED) is 0.763. The Morgan fingerprint density at radius 2 is 2.14 bits per heavy atom. The van der Waals surface area contributed by atoms with Crippen LogP contribution in [-0.2, 0) is 7.05 Å². The molecule has 14 heavy (non-hydrogen) atoms. The molecule has 0 saturated carbocycles. The fourth-order valence-electron chi connectivity index (χ4n) is 1.20. The van der Waals surface area contributed by atoms with Crippen LogP contribution < -0.4 is 5.32 Å². The minimum Gasteiger partial charge on any atom is -0.372 e. The number of nitrogens with zero attached hydrogens (tertiary/aromatic N) is 4. The van der Waals surface area contributed by atoms with E-state index in [2.05, 4.69) is 20.5 Å². The Morgan fingerprint density at radius 3 is 2.64 bits per heavy atom. The molecule has 2 heterocycles. The molecular weight excluding hydrogens is 178 g/mol. The van der Waals surface area contributed by atoms with E-state index < -0.39 is 0 Å². The van der Waals surface area contributed by atoms with E-state index in [0.717, 1.165) is 17.3 Å². The molecule has 0 aromatic carbocycles. The topological polar surface area (TPSA) is 55.6 Å². The molecule has 0 aliphatic rings. The van der Waals surface area contributed by atoms with E-state index in [1.54, 1.807) is 6.20 Å². The summed E-state index contributed by atoms with van der Waals surface area (Å²) in [6, 6.07) is 3.76. The van der Waals surface area contributed by atoms with Crippen LogP contribution in [0.15, 0.2) is 24.5 Å². The van der Waals surface area contributed by atoms with E-state index in [1.807, 2.05) is 37.0 Å². The predicted octanol–water partition coefficient (Wildman–Crippen LogP) is 0.919. The van der Waals surface area contributed by atoms with Gasteiger partial charge in [-0.3, -0.25) is 0 Å². The van der Waals surface area contributed by atoms with E-state index >= 15 is 0 Å². The van der Waals surface area contributed by atoms with E-state index in [9.17, 15) is 0 Å². The Labute approximate surface area is 81.8 Å². The fourth-order valence-corrected chi connectivity index (χ4v) is 1.20. The van der Waals surface area contributed by atoms with Gasteiger partial charge < -0.3 is 9.88 Å². The summed E-state index contributed by atoms with van der Waals surface area (Å²) in [4.78, 5) is 4.18. The standard InChI is InChI=1S/C9H11N5/c1-10-8-4-3-7(12-13-8)9-11-5-6-14(9)2/h3-6H,1-2H3,(H,10,13). The largest absolute Gasteiger partial charge is 0.372 e. The first-order valence-corrected chi connectivity index (χ1v) is 4.30. The number of aromatic nitrogens is 4. The van der Waals surface area contributed by atoms with Gasteiger partial charge in [-0.15, -0.1) is 10.2 Å². The smallest absolute Gasteiger partial charge is 0.160 e. The summed E-state index contributed by atoms with van der Waals surface area (Å²) in [5, 5.41) is 11.0. The lowest BCUT2D eigenvalue weighted by Gasteiger charge is -2.01. The number of nitrogens with one attached hydrogen (secondary N) is 1. The highest BCUT2D eigenvalue weighted by atomic mass is 15.2. The van der Waals surface area contributed by atoms with Crippen LogP contribution in [0.2, 0.25) is 0 Å². The van der Waals surface area contributed by atoms with Crippen LogP contribution in [-0.4, -0.2) is 26.8 Å². The van der Waals surface area contributed by atoms with Gasteiger partial charge in [-0.05, 0) is 12.1 Å². The SMILES string of the molecule is CNc1ccc(-c2nccn2C)nn1. The Morgan fingerprint density at radius 1 is 1.29 bits per heavy atom. The molecule has 0 bridgehead atoms. The third-order valence-corrected chi connectivity index (χ3v) is 1.97. The summed E-state index contributed by atoms with van der Waals surface area (Å²) in [6.45, 7) is 0. The number of imidazole rings is 1. The zero-order valence-electron chi connectivity index (χ0n) is 8.10. The van der Waals surface area contributed by atoms with Gasteiger partial charge in [0.15, 0.2) is 5.82 Å². The van der Waals surface area contributed by atoms with Gasteiger partial charge in [-0.1, -0.05) is 0 Å². The molecule has 2 rings (SSSR count). The molecule has 0 saturated heterocycles. The Hall–Kier alpha value is -1.91. The third kappa shape index (κ3) is 1.44. The normalized spacial score (nSPS) is 10.1. The van der Waals surface area contributed by atoms with Gasteiger partial charge in [0.25, 0.3) is 0 Å². The molecule has 0 unspecified atom stereocenters. The minimum atomic E-state index is 0.753. The van der Waals surface area contributed by atoms with Gasteiger partial charge in [-0.25, -0.2) is 4.98 Å². The summed E-state index contributed by atoms with van der Waals surface area (Å²) in [5.74, 6) is 1.57. The van der Waals surface area contributed by atoms with Crippen molar-refractivity contribution in [1.29, 1.82) is 0 Å². The van der Waals surface area contributed by atoms with E-state index in [0.29, 0.717) is 0 Å². The zero-order chi connectivity index (χ0) is 9.97. The Balaban J connectivity index is 2.39. The van der Waals surface area contributed by atoms with Gasteiger partial charge in [0, 0.05) is 26.5 Å². The molecule has 1 N–H and O–H groups in total. The number of rotatable bonds is 2. The molecule has 0 aliphatic carbocycles. The highest BCUT2D eigenvalue weighted by Crippen LogP contribution is 2.13. The summed E-state index contributed by atoms with van der Waals surface area (Å²) in [5.41, 5.74) is 0.775. The Bertz CT molecular complexity index is 417. The van der Waals surface area contributed by atoms with Crippen molar-refractivity contribution >= 4 is 5.82 Å². The monoisotopic (exact) mass is 189 g/mol. The molecular formula is C9H11N5. The van der Waals surface area contributed by atoms with Crippen LogP contribution in [0.5, 0.6) is 0 Å². The first-order valence-electron chi connectivity index (χ1n) is 4.30. The zero-order valence-corrected chi connectivity index (χ0v) is 8.10. The van der Waals surface area contributed by atoms with Crippen LogP contribution in [0.25, 0.3) is 11.5 Å². The maximum Gasteiger partial charge on any atom is 0.160 e. The highest BCUT2D eigenvalue weighted by molar-refractivity contribution is 5.50.